The number of nitrogens with zero attached hydrogens (tertiary/aromatic N) is 5. The zero-order valence-corrected chi connectivity index (χ0v) is 26.7. The number of aromatic amines is 1. The van der Waals surface area contributed by atoms with Gasteiger partial charge >= 0.3 is 11.8 Å². The van der Waals surface area contributed by atoms with E-state index in [1.165, 1.54) is 4.68 Å². The van der Waals surface area contributed by atoms with Crippen LogP contribution in [0.4, 0.5) is 4.79 Å². The van der Waals surface area contributed by atoms with Gasteiger partial charge in [0.05, 0.1) is 6.04 Å². The number of phenolic OH excluding ortho intramolecular Hbond substituents is 1. The van der Waals surface area contributed by atoms with Crippen molar-refractivity contribution < 1.29 is 24.2 Å². The van der Waals surface area contributed by atoms with Gasteiger partial charge in [0.2, 0.25) is 0 Å². The Balaban J connectivity index is 1.11. The average molecular weight is 633 g/mol. The number of aryl methyl sites for hydroxylation is 2. The molecule has 0 saturated carbocycles. The quantitative estimate of drug-likeness (QED) is 0.406. The number of amides is 2. The molecule has 12 heteroatoms. The Morgan fingerprint density at radius 3 is 2.24 bits per heavy atom. The van der Waals surface area contributed by atoms with Gasteiger partial charge in [0.25, 0.3) is 5.91 Å². The molecule has 3 aliphatic heterocycles. The third kappa shape index (κ3) is 7.13. The molecular weight excluding hydrogens is 588 g/mol. The maximum atomic E-state index is 13.9. The number of phenols is 1. The minimum Gasteiger partial charge on any atom is -0.507 e. The van der Waals surface area contributed by atoms with Gasteiger partial charge in [-0.05, 0) is 56.2 Å². The summed E-state index contributed by atoms with van der Waals surface area (Å²) in [4.78, 5) is 48.9. The van der Waals surface area contributed by atoms with Crippen molar-refractivity contribution in [1.29, 1.82) is 0 Å². The molecule has 0 radical (unpaired) electrons. The van der Waals surface area contributed by atoms with E-state index < -0.39 is 12.2 Å². The van der Waals surface area contributed by atoms with Gasteiger partial charge in [-0.25, -0.2) is 14.3 Å². The van der Waals surface area contributed by atoms with E-state index in [0.717, 1.165) is 50.3 Å². The maximum absolute atomic E-state index is 13.9. The lowest BCUT2D eigenvalue weighted by atomic mass is 10.00. The molecule has 2 N–H and O–H groups in total. The van der Waals surface area contributed by atoms with Gasteiger partial charge < -0.3 is 24.4 Å². The van der Waals surface area contributed by atoms with Crippen LogP contribution in [0.1, 0.15) is 48.4 Å². The Morgan fingerprint density at radius 2 is 1.59 bits per heavy atom. The number of hydrogen-bond donors (Lipinski definition) is 2. The third-order valence-electron chi connectivity index (χ3n) is 9.58. The summed E-state index contributed by atoms with van der Waals surface area (Å²) in [6, 6.07) is 13.5. The Bertz CT molecular complexity index is 1540. The van der Waals surface area contributed by atoms with E-state index in [-0.39, 0.29) is 29.8 Å². The number of H-pyrrole nitrogens is 1. The molecule has 6 rings (SSSR count). The fourth-order valence-electron chi connectivity index (χ4n) is 6.92. The Morgan fingerprint density at radius 1 is 0.935 bits per heavy atom. The largest absolute Gasteiger partial charge is 0.507 e. The molecule has 1 unspecified atom stereocenters. The summed E-state index contributed by atoms with van der Waals surface area (Å²) >= 11 is 0. The molecule has 1 aromatic heterocycles. The topological polar surface area (TPSA) is 133 Å². The molecular formula is C34H44N6O6. The number of likely N-dealkylation sites (tertiary alicyclic amines) is 1. The summed E-state index contributed by atoms with van der Waals surface area (Å²) in [5, 5.41) is 14.8. The molecule has 0 spiro atoms. The lowest BCUT2D eigenvalue weighted by Gasteiger charge is -2.41. The molecule has 3 fully saturated rings. The zero-order valence-electron chi connectivity index (χ0n) is 26.7. The highest BCUT2D eigenvalue weighted by Gasteiger charge is 2.35. The van der Waals surface area contributed by atoms with Gasteiger partial charge in [-0.1, -0.05) is 42.5 Å². The van der Waals surface area contributed by atoms with Crippen molar-refractivity contribution in [2.75, 3.05) is 52.5 Å². The van der Waals surface area contributed by atoms with E-state index in [2.05, 4.69) is 15.0 Å². The van der Waals surface area contributed by atoms with Crippen molar-refractivity contribution in [3.63, 3.8) is 0 Å². The number of hydrogen-bond acceptors (Lipinski definition) is 8. The van der Waals surface area contributed by atoms with Gasteiger partial charge in [0.1, 0.15) is 5.75 Å². The molecule has 1 atom stereocenters. The fraction of sp³-hybridized carbons (Fsp3) is 0.529. The van der Waals surface area contributed by atoms with Gasteiger partial charge in [0, 0.05) is 70.5 Å². The van der Waals surface area contributed by atoms with Crippen LogP contribution in [0.15, 0.2) is 47.3 Å². The van der Waals surface area contributed by atoms with Crippen LogP contribution in [-0.4, -0.2) is 111 Å². The number of ether oxygens (including phenoxy) is 2. The van der Waals surface area contributed by atoms with E-state index in [9.17, 15) is 19.5 Å². The van der Waals surface area contributed by atoms with Crippen molar-refractivity contribution >= 4 is 12.0 Å². The minimum atomic E-state index is -0.995. The van der Waals surface area contributed by atoms with Crippen LogP contribution < -0.4 is 5.69 Å². The Labute approximate surface area is 268 Å². The van der Waals surface area contributed by atoms with Gasteiger partial charge in [-0.2, -0.15) is 0 Å². The van der Waals surface area contributed by atoms with Gasteiger partial charge in [0.15, 0.2) is 11.9 Å². The molecule has 2 amide bonds. The fourth-order valence-corrected chi connectivity index (χ4v) is 6.92. The molecule has 3 aliphatic rings. The van der Waals surface area contributed by atoms with Crippen molar-refractivity contribution in [2.45, 2.75) is 64.1 Å². The van der Waals surface area contributed by atoms with E-state index >= 15 is 0 Å². The second-order valence-corrected chi connectivity index (χ2v) is 12.7. The predicted octanol–water partition coefficient (Wildman–Crippen LogP) is 3.27. The number of piperidine rings is 1. The van der Waals surface area contributed by atoms with Crippen LogP contribution in [0, 0.1) is 13.8 Å². The Kier molecular flexibility index (Phi) is 9.74. The normalized spacial score (nSPS) is 19.3. The molecule has 3 saturated heterocycles. The SMILES string of the molecule is Cc1cc(CC(OC(=O)N2CCC(n3nc(-c4ccccc4)[nH]c3=O)CC2)C(=O)N2CCN(C3CCOCC3)CC2)cc(C)c1O. The summed E-state index contributed by atoms with van der Waals surface area (Å²) < 4.78 is 13.0. The number of carbonyl (C=O) groups excluding carboxylic acids is 2. The number of benzene rings is 2. The number of nitrogens with one attached hydrogen (secondary N) is 1. The molecule has 0 aliphatic carbocycles. The van der Waals surface area contributed by atoms with Crippen LogP contribution in [-0.2, 0) is 20.7 Å². The lowest BCUT2D eigenvalue weighted by Crippen LogP contribution is -2.55. The first-order valence-electron chi connectivity index (χ1n) is 16.4. The summed E-state index contributed by atoms with van der Waals surface area (Å²) in [6.45, 7) is 8.66. The summed E-state index contributed by atoms with van der Waals surface area (Å²) in [5.41, 5.74) is 2.80. The highest BCUT2D eigenvalue weighted by atomic mass is 16.6. The first-order chi connectivity index (χ1) is 22.3. The third-order valence-corrected chi connectivity index (χ3v) is 9.58. The molecule has 46 heavy (non-hydrogen) atoms. The van der Waals surface area contributed by atoms with E-state index in [1.54, 1.807) is 4.90 Å². The molecule has 12 nitrogen and oxygen atoms in total. The number of piperazine rings is 1. The first kappa shape index (κ1) is 31.8. The highest BCUT2D eigenvalue weighted by molar-refractivity contribution is 5.84. The van der Waals surface area contributed by atoms with Crippen molar-refractivity contribution in [2.24, 2.45) is 0 Å². The zero-order chi connectivity index (χ0) is 32.2. The number of aromatic nitrogens is 3. The summed E-state index contributed by atoms with van der Waals surface area (Å²) in [6.07, 6.45) is 1.78. The molecule has 2 aromatic carbocycles. The monoisotopic (exact) mass is 632 g/mol. The number of carbonyl (C=O) groups is 2. The smallest absolute Gasteiger partial charge is 0.410 e. The number of rotatable bonds is 7. The van der Waals surface area contributed by atoms with Crippen molar-refractivity contribution in [3.05, 3.63) is 69.6 Å². The van der Waals surface area contributed by atoms with Crippen LogP contribution in [0.5, 0.6) is 5.75 Å². The lowest BCUT2D eigenvalue weighted by molar-refractivity contribution is -0.143. The van der Waals surface area contributed by atoms with Gasteiger partial charge in [-0.3, -0.25) is 14.7 Å². The van der Waals surface area contributed by atoms with Crippen molar-refractivity contribution in [1.82, 2.24) is 29.5 Å². The van der Waals surface area contributed by atoms with Crippen LogP contribution in [0.3, 0.4) is 0 Å². The second-order valence-electron chi connectivity index (χ2n) is 12.7. The Hall–Kier alpha value is -4.16. The summed E-state index contributed by atoms with van der Waals surface area (Å²) in [5.74, 6) is 0.541. The second kappa shape index (κ2) is 14.1. The maximum Gasteiger partial charge on any atom is 0.410 e. The molecule has 246 valence electrons. The molecule has 3 aromatic rings. The van der Waals surface area contributed by atoms with Crippen LogP contribution in [0.25, 0.3) is 11.4 Å². The molecule has 0 bridgehead atoms. The van der Waals surface area contributed by atoms with Crippen LogP contribution >= 0.6 is 0 Å². The number of aromatic hydroxyl groups is 1. The average Bonchev–Trinajstić information content (AvgIpc) is 3.48. The van der Waals surface area contributed by atoms with E-state index in [1.807, 2.05) is 61.2 Å². The highest BCUT2D eigenvalue weighted by Crippen LogP contribution is 2.26. The van der Waals surface area contributed by atoms with E-state index in [0.29, 0.717) is 62.0 Å². The van der Waals surface area contributed by atoms with Gasteiger partial charge in [-0.15, -0.1) is 5.10 Å². The predicted molar refractivity (Wildman–Crippen MR) is 172 cm³/mol. The molecule has 4 heterocycles. The van der Waals surface area contributed by atoms with Crippen LogP contribution in [0.2, 0.25) is 0 Å². The first-order valence-corrected chi connectivity index (χ1v) is 16.4. The van der Waals surface area contributed by atoms with E-state index in [4.69, 9.17) is 9.47 Å². The minimum absolute atomic E-state index is 0.155. The van der Waals surface area contributed by atoms with Crippen molar-refractivity contribution in [3.8, 4) is 17.1 Å². The summed E-state index contributed by atoms with van der Waals surface area (Å²) in [7, 11) is 0. The standard InChI is InChI=1S/C34H44N6O6/c1-23-20-25(21-24(2)30(23)41)22-29(32(42)38-16-14-37(15-17-38)27-10-18-45-19-11-27)46-34(44)39-12-8-28(9-13-39)40-33(43)35-31(36-40)26-6-4-3-5-7-26/h3-7,20-21,27-29,41H,8-19,22H2,1-2H3,(H,35,36,43).